The Morgan fingerprint density at radius 1 is 1.09 bits per heavy atom. The molecule has 1 atom stereocenters. The molecule has 3 aromatic heterocycles. The summed E-state index contributed by atoms with van der Waals surface area (Å²) in [5.41, 5.74) is 3.75. The number of carbonyl (C=O) groups is 1. The van der Waals surface area contributed by atoms with Gasteiger partial charge in [-0.2, -0.15) is 5.10 Å². The van der Waals surface area contributed by atoms with Crippen molar-refractivity contribution >= 4 is 16.8 Å². The predicted molar refractivity (Wildman–Crippen MR) is 129 cm³/mol. The summed E-state index contributed by atoms with van der Waals surface area (Å²) in [5.74, 6) is 4.82. The molecule has 0 saturated heterocycles. The van der Waals surface area contributed by atoms with Crippen molar-refractivity contribution in [2.75, 3.05) is 0 Å². The van der Waals surface area contributed by atoms with Crippen LogP contribution in [0.1, 0.15) is 44.6 Å². The van der Waals surface area contributed by atoms with Gasteiger partial charge in [0.05, 0.1) is 17.8 Å². The van der Waals surface area contributed by atoms with E-state index in [9.17, 15) is 14.3 Å². The summed E-state index contributed by atoms with van der Waals surface area (Å²) < 4.78 is 14.1. The van der Waals surface area contributed by atoms with E-state index >= 15 is 0 Å². The number of pyridine rings is 1. The molecule has 4 N–H and O–H groups in total. The largest absolute Gasteiger partial charge is 0.508 e. The molecule has 0 aliphatic heterocycles. The summed E-state index contributed by atoms with van der Waals surface area (Å²) in [4.78, 5) is 20.9. The van der Waals surface area contributed by atoms with E-state index in [1.54, 1.807) is 31.5 Å². The number of amides is 1. The minimum atomic E-state index is -0.853. The number of H-pyrrole nitrogens is 2. The van der Waals surface area contributed by atoms with Crippen molar-refractivity contribution in [3.8, 4) is 17.6 Å². The molecule has 0 radical (unpaired) electrons. The van der Waals surface area contributed by atoms with E-state index in [-0.39, 0.29) is 17.0 Å². The summed E-state index contributed by atoms with van der Waals surface area (Å²) in [6.07, 6.45) is 3.27. The Kier molecular flexibility index (Phi) is 5.73. The molecule has 0 saturated carbocycles. The average molecular weight is 465 g/mol. The minimum Gasteiger partial charge on any atom is -0.508 e. The lowest BCUT2D eigenvalue weighted by Crippen LogP contribution is -2.30. The Hall–Kier alpha value is -4.90. The smallest absolute Gasteiger partial charge is 0.270 e. The molecule has 1 unspecified atom stereocenters. The summed E-state index contributed by atoms with van der Waals surface area (Å²) in [6.45, 7) is 1.77. The Bertz CT molecular complexity index is 1560. The van der Waals surface area contributed by atoms with Crippen LogP contribution in [0.2, 0.25) is 0 Å². The van der Waals surface area contributed by atoms with Gasteiger partial charge in [-0.15, -0.1) is 0 Å². The maximum absolute atomic E-state index is 14.1. The van der Waals surface area contributed by atoms with Gasteiger partial charge in [0.15, 0.2) is 0 Å². The molecule has 0 aliphatic carbocycles. The molecular formula is C27H20FN5O2. The van der Waals surface area contributed by atoms with Crippen molar-refractivity contribution in [1.82, 2.24) is 25.5 Å². The molecule has 5 rings (SSSR count). The van der Waals surface area contributed by atoms with Crippen LogP contribution in [0, 0.1) is 24.6 Å². The number of aryl methyl sites for hydroxylation is 1. The maximum atomic E-state index is 14.1. The minimum absolute atomic E-state index is 0.140. The van der Waals surface area contributed by atoms with Crippen LogP contribution >= 0.6 is 0 Å². The molecule has 0 bridgehead atoms. The number of halogens is 1. The number of hydrogen-bond acceptors (Lipinski definition) is 4. The van der Waals surface area contributed by atoms with Gasteiger partial charge < -0.3 is 15.4 Å². The first kappa shape index (κ1) is 21.9. The highest BCUT2D eigenvalue weighted by Gasteiger charge is 2.24. The number of rotatable bonds is 4. The van der Waals surface area contributed by atoms with Crippen LogP contribution in [0.3, 0.4) is 0 Å². The zero-order chi connectivity index (χ0) is 24.4. The summed E-state index contributed by atoms with van der Waals surface area (Å²) in [6, 6.07) is 15.6. The summed E-state index contributed by atoms with van der Waals surface area (Å²) in [7, 11) is 0. The quantitative estimate of drug-likeness (QED) is 0.296. The summed E-state index contributed by atoms with van der Waals surface area (Å²) >= 11 is 0. The lowest BCUT2D eigenvalue weighted by molar-refractivity contribution is 0.0936. The third kappa shape index (κ3) is 4.75. The van der Waals surface area contributed by atoms with Crippen LogP contribution < -0.4 is 5.32 Å². The van der Waals surface area contributed by atoms with Crippen molar-refractivity contribution in [3.05, 3.63) is 113 Å². The number of hydrogen-bond donors (Lipinski definition) is 4. The normalized spacial score (nSPS) is 11.6. The molecule has 1 amide bonds. The second-order valence-electron chi connectivity index (χ2n) is 8.04. The third-order valence-electron chi connectivity index (χ3n) is 5.47. The molecule has 7 nitrogen and oxygen atoms in total. The third-order valence-corrected chi connectivity index (χ3v) is 5.47. The van der Waals surface area contributed by atoms with Crippen molar-refractivity contribution in [2.45, 2.75) is 13.0 Å². The molecule has 35 heavy (non-hydrogen) atoms. The molecule has 3 heterocycles. The number of aromatic hydroxyl groups is 1. The topological polar surface area (TPSA) is 107 Å². The van der Waals surface area contributed by atoms with Crippen LogP contribution in [0.25, 0.3) is 10.9 Å². The number of phenolic OH excluding ortho intramolecular Hbond substituents is 1. The fourth-order valence-electron chi connectivity index (χ4n) is 3.86. The molecule has 0 spiro atoms. The summed E-state index contributed by atoms with van der Waals surface area (Å²) in [5, 5.41) is 20.9. The molecule has 8 heteroatoms. The van der Waals surface area contributed by atoms with Gasteiger partial charge in [-0.1, -0.05) is 30.0 Å². The van der Waals surface area contributed by atoms with Crippen LogP contribution in [0.5, 0.6) is 5.75 Å². The van der Waals surface area contributed by atoms with Gasteiger partial charge in [0.25, 0.3) is 5.91 Å². The van der Waals surface area contributed by atoms with Gasteiger partial charge >= 0.3 is 0 Å². The van der Waals surface area contributed by atoms with E-state index < -0.39 is 17.8 Å². The second-order valence-corrected chi connectivity index (χ2v) is 8.04. The molecular weight excluding hydrogens is 445 g/mol. The Morgan fingerprint density at radius 2 is 1.91 bits per heavy atom. The first-order valence-electron chi connectivity index (χ1n) is 10.8. The SMILES string of the molecule is Cc1cc(C#Cc2cn[nH]c2)cc(C(=O)NC(c2cc3ccccc3[nH]2)c2cc(F)ccc2O)n1. The number of para-hydroxylation sites is 1. The highest BCUT2D eigenvalue weighted by atomic mass is 19.1. The van der Waals surface area contributed by atoms with E-state index in [0.29, 0.717) is 22.5 Å². The Morgan fingerprint density at radius 3 is 2.71 bits per heavy atom. The number of nitrogens with zero attached hydrogens (tertiary/aromatic N) is 2. The fourth-order valence-corrected chi connectivity index (χ4v) is 3.86. The Balaban J connectivity index is 1.52. The van der Waals surface area contributed by atoms with Gasteiger partial charge in [-0.3, -0.25) is 9.89 Å². The first-order valence-corrected chi connectivity index (χ1v) is 10.8. The standard InChI is InChI=1S/C27H20FN5O2/c1-16-10-17(6-7-18-14-29-30-15-18)11-24(31-16)27(35)33-26(21-13-20(28)8-9-25(21)34)23-12-19-4-2-3-5-22(19)32-23/h2-5,8-15,26,32,34H,1H3,(H,29,30)(H,33,35). The molecule has 2 aromatic carbocycles. The zero-order valence-electron chi connectivity index (χ0n) is 18.6. The van der Waals surface area contributed by atoms with Gasteiger partial charge in [0.2, 0.25) is 0 Å². The molecule has 172 valence electrons. The number of nitrogens with one attached hydrogen (secondary N) is 3. The monoisotopic (exact) mass is 465 g/mol. The van der Waals surface area contributed by atoms with Crippen LogP contribution in [-0.4, -0.2) is 31.2 Å². The van der Waals surface area contributed by atoms with Gasteiger partial charge in [-0.25, -0.2) is 9.37 Å². The zero-order valence-corrected chi connectivity index (χ0v) is 18.6. The van der Waals surface area contributed by atoms with Gasteiger partial charge in [-0.05, 0) is 54.8 Å². The van der Waals surface area contributed by atoms with Crippen LogP contribution in [-0.2, 0) is 0 Å². The number of phenols is 1. The molecule has 0 fully saturated rings. The van der Waals surface area contributed by atoms with E-state index in [4.69, 9.17) is 0 Å². The average Bonchev–Trinajstić information content (AvgIpc) is 3.52. The van der Waals surface area contributed by atoms with Crippen LogP contribution in [0.15, 0.2) is 73.1 Å². The highest BCUT2D eigenvalue weighted by molar-refractivity contribution is 5.93. The fraction of sp³-hybridized carbons (Fsp3) is 0.0741. The number of benzene rings is 2. The van der Waals surface area contributed by atoms with Crippen LogP contribution in [0.4, 0.5) is 4.39 Å². The number of carbonyl (C=O) groups excluding carboxylic acids is 1. The van der Waals surface area contributed by atoms with Crippen molar-refractivity contribution in [3.63, 3.8) is 0 Å². The van der Waals surface area contributed by atoms with Crippen molar-refractivity contribution < 1.29 is 14.3 Å². The second kappa shape index (κ2) is 9.15. The maximum Gasteiger partial charge on any atom is 0.270 e. The van der Waals surface area contributed by atoms with E-state index in [0.717, 1.165) is 17.0 Å². The van der Waals surface area contributed by atoms with Crippen molar-refractivity contribution in [1.29, 1.82) is 0 Å². The first-order chi connectivity index (χ1) is 17.0. The number of aromatic amines is 2. The highest BCUT2D eigenvalue weighted by Crippen LogP contribution is 2.31. The van der Waals surface area contributed by atoms with E-state index in [1.165, 1.54) is 12.1 Å². The predicted octanol–water partition coefficient (Wildman–Crippen LogP) is 4.36. The van der Waals surface area contributed by atoms with E-state index in [2.05, 4.69) is 37.3 Å². The van der Waals surface area contributed by atoms with Gasteiger partial charge in [0, 0.05) is 34.2 Å². The van der Waals surface area contributed by atoms with E-state index in [1.807, 2.05) is 30.3 Å². The lowest BCUT2D eigenvalue weighted by atomic mass is 10.0. The van der Waals surface area contributed by atoms with Crippen molar-refractivity contribution in [2.24, 2.45) is 0 Å². The molecule has 0 aliphatic rings. The molecule has 5 aromatic rings. The number of fused-ring (bicyclic) bond motifs is 1. The van der Waals surface area contributed by atoms with Gasteiger partial charge in [0.1, 0.15) is 17.3 Å². The Labute approximate surface area is 200 Å². The number of aromatic nitrogens is 4. The lowest BCUT2D eigenvalue weighted by Gasteiger charge is -2.19.